The molecule has 0 aliphatic heterocycles. The van der Waals surface area contributed by atoms with E-state index in [1.807, 2.05) is 5.38 Å². The largest absolute Gasteiger partial charge is 0.462 e. The maximum Gasteiger partial charge on any atom is 0.341 e. The molecule has 102 valence electrons. The van der Waals surface area contributed by atoms with Crippen molar-refractivity contribution in [3.05, 3.63) is 27.9 Å². The highest BCUT2D eigenvalue weighted by atomic mass is 79.9. The van der Waals surface area contributed by atoms with Crippen molar-refractivity contribution in [1.29, 1.82) is 0 Å². The summed E-state index contributed by atoms with van der Waals surface area (Å²) in [6.07, 6.45) is 2.23. The molecule has 2 aromatic heterocycles. The van der Waals surface area contributed by atoms with Crippen LogP contribution in [0.5, 0.6) is 0 Å². The Hall–Kier alpha value is -0.170. The lowest BCUT2D eigenvalue weighted by molar-refractivity contribution is 0.0528. The van der Waals surface area contributed by atoms with Gasteiger partial charge in [0.05, 0.1) is 20.6 Å². The first-order valence-corrected chi connectivity index (χ1v) is 8.63. The summed E-state index contributed by atoms with van der Waals surface area (Å²) in [4.78, 5) is 16.0. The van der Waals surface area contributed by atoms with Crippen LogP contribution < -0.4 is 0 Å². The molecular formula is C12H10Br2ClNO2S. The minimum Gasteiger partial charge on any atom is -0.462 e. The van der Waals surface area contributed by atoms with Crippen LogP contribution >= 0.6 is 54.8 Å². The molecule has 0 aliphatic carbocycles. The molecule has 0 fully saturated rings. The van der Waals surface area contributed by atoms with Gasteiger partial charge in [-0.05, 0) is 24.3 Å². The summed E-state index contributed by atoms with van der Waals surface area (Å²) < 4.78 is 6.01. The summed E-state index contributed by atoms with van der Waals surface area (Å²) in [6, 6.07) is 0. The molecule has 0 radical (unpaired) electrons. The van der Waals surface area contributed by atoms with Crippen molar-refractivity contribution in [2.75, 3.05) is 6.61 Å². The van der Waals surface area contributed by atoms with Crippen LogP contribution in [-0.4, -0.2) is 21.3 Å². The van der Waals surface area contributed by atoms with Crippen LogP contribution in [0.1, 0.15) is 22.8 Å². The van der Waals surface area contributed by atoms with E-state index in [4.69, 9.17) is 16.3 Å². The predicted molar refractivity (Wildman–Crippen MR) is 85.9 cm³/mol. The summed E-state index contributed by atoms with van der Waals surface area (Å²) in [6.45, 7) is 2.12. The van der Waals surface area contributed by atoms with Gasteiger partial charge in [0.15, 0.2) is 0 Å². The van der Waals surface area contributed by atoms with Gasteiger partial charge in [-0.3, -0.25) is 0 Å². The molecule has 0 aliphatic rings. The molecular weight excluding hydrogens is 417 g/mol. The van der Waals surface area contributed by atoms with Crippen LogP contribution in [0.15, 0.2) is 11.6 Å². The zero-order chi connectivity index (χ0) is 14.0. The Kier molecular flexibility index (Phi) is 5.22. The number of carbonyl (C=O) groups excluding carboxylic acids is 1. The molecule has 0 aromatic carbocycles. The summed E-state index contributed by atoms with van der Waals surface area (Å²) in [5.41, 5.74) is 1.53. The second kappa shape index (κ2) is 6.52. The van der Waals surface area contributed by atoms with E-state index in [-0.39, 0.29) is 9.71 Å². The number of ether oxygens (including phenoxy) is 1. The minimum absolute atomic E-state index is 0.153. The average Bonchev–Trinajstić information content (AvgIpc) is 2.74. The standard InChI is InChI=1S/C12H10Br2ClNO2S/c1-2-18-12(17)7-4-16-11(15)9-6(3-8(13)14)5-19-10(7)9/h4-5,8H,2-3H2,1H3. The maximum atomic E-state index is 11.9. The molecule has 0 bridgehead atoms. The van der Waals surface area contributed by atoms with Crippen LogP contribution in [0.2, 0.25) is 5.15 Å². The molecule has 0 spiro atoms. The van der Waals surface area contributed by atoms with E-state index in [2.05, 4.69) is 36.8 Å². The Morgan fingerprint density at radius 3 is 2.95 bits per heavy atom. The van der Waals surface area contributed by atoms with Gasteiger partial charge in [-0.2, -0.15) is 0 Å². The number of hydrogen-bond donors (Lipinski definition) is 0. The molecule has 2 aromatic rings. The quantitative estimate of drug-likeness (QED) is 0.400. The molecule has 0 saturated heterocycles. The summed E-state index contributed by atoms with van der Waals surface area (Å²) in [7, 11) is 0. The zero-order valence-corrected chi connectivity index (χ0v) is 14.7. The highest BCUT2D eigenvalue weighted by Crippen LogP contribution is 2.35. The fraction of sp³-hybridized carbons (Fsp3) is 0.333. The van der Waals surface area contributed by atoms with E-state index in [1.165, 1.54) is 17.5 Å². The Balaban J connectivity index is 2.55. The SMILES string of the molecule is CCOC(=O)c1cnc(Cl)c2c(CC(Br)Br)csc12. The third-order valence-corrected chi connectivity index (χ3v) is 4.49. The topological polar surface area (TPSA) is 39.2 Å². The van der Waals surface area contributed by atoms with Crippen molar-refractivity contribution in [3.63, 3.8) is 0 Å². The van der Waals surface area contributed by atoms with E-state index in [1.54, 1.807) is 6.92 Å². The first kappa shape index (κ1) is 15.2. The lowest BCUT2D eigenvalue weighted by Gasteiger charge is -2.05. The second-order valence-corrected chi connectivity index (χ2v) is 8.42. The van der Waals surface area contributed by atoms with Crippen LogP contribution in [0, 0.1) is 0 Å². The first-order valence-electron chi connectivity index (χ1n) is 5.54. The van der Waals surface area contributed by atoms with E-state index in [0.29, 0.717) is 17.3 Å². The molecule has 0 N–H and O–H groups in total. The number of alkyl halides is 2. The predicted octanol–water partition coefficient (Wildman–Crippen LogP) is 4.78. The number of rotatable bonds is 4. The number of aromatic nitrogens is 1. The number of esters is 1. The Labute approximate surface area is 136 Å². The monoisotopic (exact) mass is 425 g/mol. The van der Waals surface area contributed by atoms with Gasteiger partial charge >= 0.3 is 5.97 Å². The molecule has 2 heterocycles. The Morgan fingerprint density at radius 1 is 1.58 bits per heavy atom. The van der Waals surface area contributed by atoms with Crippen LogP contribution in [0.25, 0.3) is 10.1 Å². The number of hydrogen-bond acceptors (Lipinski definition) is 4. The van der Waals surface area contributed by atoms with E-state index < -0.39 is 0 Å². The van der Waals surface area contributed by atoms with Gasteiger partial charge in [-0.1, -0.05) is 43.5 Å². The van der Waals surface area contributed by atoms with E-state index in [9.17, 15) is 4.79 Å². The summed E-state index contributed by atoms with van der Waals surface area (Å²) in [5, 5.41) is 3.25. The molecule has 0 amide bonds. The van der Waals surface area contributed by atoms with Gasteiger partial charge in [0, 0.05) is 11.6 Å². The number of halogens is 3. The van der Waals surface area contributed by atoms with Gasteiger partial charge in [0.25, 0.3) is 0 Å². The lowest BCUT2D eigenvalue weighted by Crippen LogP contribution is -2.05. The van der Waals surface area contributed by atoms with Crippen molar-refractivity contribution in [3.8, 4) is 0 Å². The van der Waals surface area contributed by atoms with Crippen molar-refractivity contribution in [1.82, 2.24) is 4.98 Å². The van der Waals surface area contributed by atoms with Crippen molar-refractivity contribution in [2.45, 2.75) is 17.1 Å². The molecule has 0 atom stereocenters. The lowest BCUT2D eigenvalue weighted by atomic mass is 10.1. The molecule has 2 rings (SSSR count). The first-order chi connectivity index (χ1) is 9.04. The molecule has 0 saturated carbocycles. The molecule has 19 heavy (non-hydrogen) atoms. The van der Waals surface area contributed by atoms with Crippen LogP contribution in [-0.2, 0) is 11.2 Å². The molecule has 7 heteroatoms. The van der Waals surface area contributed by atoms with Gasteiger partial charge in [-0.25, -0.2) is 9.78 Å². The number of fused-ring (bicyclic) bond motifs is 1. The smallest absolute Gasteiger partial charge is 0.341 e. The third-order valence-electron chi connectivity index (χ3n) is 2.49. The second-order valence-electron chi connectivity index (χ2n) is 3.74. The number of pyridine rings is 1. The number of thiophene rings is 1. The van der Waals surface area contributed by atoms with Crippen molar-refractivity contribution >= 4 is 70.9 Å². The van der Waals surface area contributed by atoms with Gasteiger partial charge in [-0.15, -0.1) is 11.3 Å². The number of nitrogens with zero attached hydrogens (tertiary/aromatic N) is 1. The highest BCUT2D eigenvalue weighted by molar-refractivity contribution is 9.24. The maximum absolute atomic E-state index is 11.9. The van der Waals surface area contributed by atoms with E-state index in [0.717, 1.165) is 22.1 Å². The Morgan fingerprint density at radius 2 is 2.32 bits per heavy atom. The summed E-state index contributed by atoms with van der Waals surface area (Å²) in [5.74, 6) is -0.362. The highest BCUT2D eigenvalue weighted by Gasteiger charge is 2.19. The van der Waals surface area contributed by atoms with Gasteiger partial charge in [0.1, 0.15) is 5.15 Å². The average molecular weight is 428 g/mol. The zero-order valence-electron chi connectivity index (χ0n) is 9.95. The molecule has 3 nitrogen and oxygen atoms in total. The Bertz CT molecular complexity index is 615. The molecule has 0 unspecified atom stereocenters. The fourth-order valence-corrected chi connectivity index (χ4v) is 3.83. The van der Waals surface area contributed by atoms with Crippen LogP contribution in [0.4, 0.5) is 0 Å². The summed E-state index contributed by atoms with van der Waals surface area (Å²) >= 11 is 14.5. The fourth-order valence-electron chi connectivity index (χ4n) is 1.73. The third kappa shape index (κ3) is 3.29. The number of carbonyl (C=O) groups is 1. The van der Waals surface area contributed by atoms with E-state index >= 15 is 0 Å². The normalized spacial score (nSPS) is 11.2. The van der Waals surface area contributed by atoms with Gasteiger partial charge in [0.2, 0.25) is 0 Å². The minimum atomic E-state index is -0.362. The van der Waals surface area contributed by atoms with Crippen molar-refractivity contribution in [2.24, 2.45) is 0 Å². The van der Waals surface area contributed by atoms with Crippen molar-refractivity contribution < 1.29 is 9.53 Å². The van der Waals surface area contributed by atoms with Crippen LogP contribution in [0.3, 0.4) is 0 Å². The van der Waals surface area contributed by atoms with Gasteiger partial charge < -0.3 is 4.74 Å².